The molecule has 0 saturated carbocycles. The van der Waals surface area contributed by atoms with Gasteiger partial charge in [0.15, 0.2) is 11.0 Å². The molecule has 0 N–H and O–H groups in total. The van der Waals surface area contributed by atoms with E-state index in [-0.39, 0.29) is 18.2 Å². The maximum Gasteiger partial charge on any atom is 0.269 e. The highest BCUT2D eigenvalue weighted by Gasteiger charge is 2.39. The van der Waals surface area contributed by atoms with Gasteiger partial charge < -0.3 is 9.32 Å². The molecular formula is C24H19N3O3S2. The van der Waals surface area contributed by atoms with E-state index in [1.165, 1.54) is 18.7 Å². The Morgan fingerprint density at radius 3 is 2.66 bits per heavy atom. The van der Waals surface area contributed by atoms with Crippen LogP contribution < -0.4 is 4.90 Å². The monoisotopic (exact) mass is 461 g/mol. The highest BCUT2D eigenvalue weighted by molar-refractivity contribution is 8.19. The van der Waals surface area contributed by atoms with Gasteiger partial charge in [-0.05, 0) is 55.1 Å². The smallest absolute Gasteiger partial charge is 0.269 e. The number of para-hydroxylation sites is 1. The van der Waals surface area contributed by atoms with Gasteiger partial charge in [-0.3, -0.25) is 14.5 Å². The van der Waals surface area contributed by atoms with E-state index in [9.17, 15) is 9.59 Å². The quantitative estimate of drug-likeness (QED) is 0.369. The lowest BCUT2D eigenvalue weighted by atomic mass is 10.1. The molecule has 2 aliphatic heterocycles. The number of aliphatic imine (C=N–C) groups is 1. The zero-order valence-corrected chi connectivity index (χ0v) is 19.1. The van der Waals surface area contributed by atoms with Gasteiger partial charge in [-0.25, -0.2) is 4.99 Å². The van der Waals surface area contributed by atoms with Crippen molar-refractivity contribution >= 4 is 51.8 Å². The van der Waals surface area contributed by atoms with E-state index in [4.69, 9.17) is 9.41 Å². The molecule has 3 heterocycles. The minimum absolute atomic E-state index is 0.0285. The standard InChI is InChI=1S/C24H19N3O3S2/c1-15(28)16-7-5-8-17(13-16)25-24-27(14-18-9-6-12-30-18)22(29)21(32-24)23-26(2)19-10-3-4-11-20(19)31-23/h3-13H,14H2,1-2H3/b23-21-,25-24+. The number of carbonyl (C=O) groups excluding carboxylic acids is 2. The average molecular weight is 462 g/mol. The third-order valence-electron chi connectivity index (χ3n) is 5.17. The summed E-state index contributed by atoms with van der Waals surface area (Å²) in [5.41, 5.74) is 2.28. The van der Waals surface area contributed by atoms with Gasteiger partial charge in [0, 0.05) is 17.5 Å². The predicted molar refractivity (Wildman–Crippen MR) is 128 cm³/mol. The highest BCUT2D eigenvalue weighted by atomic mass is 32.2. The van der Waals surface area contributed by atoms with Crippen LogP contribution in [0.5, 0.6) is 0 Å². The highest BCUT2D eigenvalue weighted by Crippen LogP contribution is 2.50. The number of rotatable bonds is 4. The number of anilines is 1. The number of furan rings is 1. The molecule has 2 aliphatic rings. The normalized spacial score (nSPS) is 19.2. The van der Waals surface area contributed by atoms with Crippen LogP contribution in [0.1, 0.15) is 23.0 Å². The first-order valence-electron chi connectivity index (χ1n) is 9.98. The van der Waals surface area contributed by atoms with Gasteiger partial charge in [-0.1, -0.05) is 36.0 Å². The minimum atomic E-state index is -0.116. The summed E-state index contributed by atoms with van der Waals surface area (Å²) in [6.07, 6.45) is 1.59. The molecule has 5 rings (SSSR count). The topological polar surface area (TPSA) is 66.1 Å². The number of Topliss-reactive ketones (excluding diaryl/α,β-unsaturated/α-hetero) is 1. The molecular weight excluding hydrogens is 442 g/mol. The molecule has 6 nitrogen and oxygen atoms in total. The Hall–Kier alpha value is -3.23. The Labute approximate surface area is 194 Å². The van der Waals surface area contributed by atoms with Gasteiger partial charge in [0.1, 0.15) is 10.7 Å². The second-order valence-electron chi connectivity index (χ2n) is 7.34. The first-order chi connectivity index (χ1) is 15.5. The summed E-state index contributed by atoms with van der Waals surface area (Å²) in [7, 11) is 1.97. The van der Waals surface area contributed by atoms with Crippen LogP contribution in [0.15, 0.2) is 91.2 Å². The van der Waals surface area contributed by atoms with Crippen LogP contribution in [-0.4, -0.2) is 28.8 Å². The fraction of sp³-hybridized carbons (Fsp3) is 0.125. The van der Waals surface area contributed by atoms with Crippen LogP contribution in [0, 0.1) is 0 Å². The lowest BCUT2D eigenvalue weighted by molar-refractivity contribution is -0.122. The summed E-state index contributed by atoms with van der Waals surface area (Å²) < 4.78 is 5.49. The zero-order valence-electron chi connectivity index (χ0n) is 17.4. The number of benzene rings is 2. The maximum absolute atomic E-state index is 13.5. The van der Waals surface area contributed by atoms with E-state index < -0.39 is 0 Å². The summed E-state index contributed by atoms with van der Waals surface area (Å²) in [5.74, 6) is 0.528. The van der Waals surface area contributed by atoms with Gasteiger partial charge >= 0.3 is 0 Å². The van der Waals surface area contributed by atoms with Crippen LogP contribution in [0.3, 0.4) is 0 Å². The Morgan fingerprint density at radius 1 is 1.06 bits per heavy atom. The van der Waals surface area contributed by atoms with Crippen molar-refractivity contribution in [2.75, 3.05) is 11.9 Å². The van der Waals surface area contributed by atoms with E-state index in [0.29, 0.717) is 27.1 Å². The third-order valence-corrected chi connectivity index (χ3v) is 7.60. The molecule has 0 atom stereocenters. The van der Waals surface area contributed by atoms with Crippen molar-refractivity contribution in [1.82, 2.24) is 4.90 Å². The molecule has 0 aliphatic carbocycles. The first kappa shape index (κ1) is 20.7. The van der Waals surface area contributed by atoms with Crippen molar-refractivity contribution in [2.24, 2.45) is 4.99 Å². The number of amides is 1. The van der Waals surface area contributed by atoms with E-state index in [1.807, 2.05) is 42.3 Å². The van der Waals surface area contributed by atoms with Gasteiger partial charge in [0.2, 0.25) is 0 Å². The summed E-state index contributed by atoms with van der Waals surface area (Å²) >= 11 is 2.93. The predicted octanol–water partition coefficient (Wildman–Crippen LogP) is 5.66. The molecule has 1 fully saturated rings. The fourth-order valence-electron chi connectivity index (χ4n) is 3.52. The van der Waals surface area contributed by atoms with Crippen LogP contribution in [0.4, 0.5) is 11.4 Å². The number of hydrogen-bond donors (Lipinski definition) is 0. The Kier molecular flexibility index (Phi) is 5.40. The molecule has 2 aromatic carbocycles. The second-order valence-corrected chi connectivity index (χ2v) is 9.34. The van der Waals surface area contributed by atoms with Crippen LogP contribution in [0.2, 0.25) is 0 Å². The van der Waals surface area contributed by atoms with Crippen molar-refractivity contribution in [3.8, 4) is 0 Å². The van der Waals surface area contributed by atoms with Gasteiger partial charge in [0.05, 0.1) is 29.2 Å². The van der Waals surface area contributed by atoms with E-state index in [1.54, 1.807) is 47.2 Å². The Bertz CT molecular complexity index is 1280. The molecule has 1 amide bonds. The molecule has 1 saturated heterocycles. The van der Waals surface area contributed by atoms with Crippen LogP contribution >= 0.6 is 23.5 Å². The van der Waals surface area contributed by atoms with Gasteiger partial charge in [-0.15, -0.1) is 0 Å². The summed E-state index contributed by atoms with van der Waals surface area (Å²) in [5, 5.41) is 1.44. The number of carbonyl (C=O) groups is 2. The lowest BCUT2D eigenvalue weighted by Crippen LogP contribution is -2.29. The largest absolute Gasteiger partial charge is 0.467 e. The van der Waals surface area contributed by atoms with Crippen LogP contribution in [0.25, 0.3) is 0 Å². The number of fused-ring (bicyclic) bond motifs is 1. The Morgan fingerprint density at radius 2 is 1.91 bits per heavy atom. The molecule has 32 heavy (non-hydrogen) atoms. The number of ketones is 1. The summed E-state index contributed by atoms with van der Waals surface area (Å²) in [6, 6.07) is 18.8. The van der Waals surface area contributed by atoms with Crippen molar-refractivity contribution in [3.63, 3.8) is 0 Å². The van der Waals surface area contributed by atoms with E-state index in [0.717, 1.165) is 15.6 Å². The molecule has 8 heteroatoms. The summed E-state index contributed by atoms with van der Waals surface area (Å²) in [4.78, 5) is 35.5. The van der Waals surface area contributed by atoms with Crippen LogP contribution in [-0.2, 0) is 11.3 Å². The zero-order chi connectivity index (χ0) is 22.2. The molecule has 3 aromatic rings. The molecule has 160 valence electrons. The van der Waals surface area contributed by atoms with Crippen molar-refractivity contribution in [3.05, 3.63) is 88.2 Å². The minimum Gasteiger partial charge on any atom is -0.467 e. The van der Waals surface area contributed by atoms with Crippen molar-refractivity contribution in [2.45, 2.75) is 18.4 Å². The molecule has 1 aromatic heterocycles. The fourth-order valence-corrected chi connectivity index (χ4v) is 5.86. The van der Waals surface area contributed by atoms with E-state index in [2.05, 4.69) is 6.07 Å². The lowest BCUT2D eigenvalue weighted by Gasteiger charge is -2.15. The molecule has 0 radical (unpaired) electrons. The number of nitrogens with zero attached hydrogens (tertiary/aromatic N) is 3. The molecule has 0 unspecified atom stereocenters. The number of hydrogen-bond acceptors (Lipinski definition) is 7. The van der Waals surface area contributed by atoms with Gasteiger partial charge in [-0.2, -0.15) is 0 Å². The molecule has 0 spiro atoms. The second kappa shape index (κ2) is 8.37. The molecule has 0 bridgehead atoms. The third kappa shape index (κ3) is 3.76. The average Bonchev–Trinajstić information content (AvgIpc) is 3.49. The summed E-state index contributed by atoms with van der Waals surface area (Å²) in [6.45, 7) is 1.80. The van der Waals surface area contributed by atoms with Gasteiger partial charge in [0.25, 0.3) is 5.91 Å². The number of thioether (sulfide) groups is 2. The van der Waals surface area contributed by atoms with Crippen molar-refractivity contribution in [1.29, 1.82) is 0 Å². The first-order valence-corrected chi connectivity index (χ1v) is 11.6. The Balaban J connectivity index is 1.56. The number of amidine groups is 1. The van der Waals surface area contributed by atoms with E-state index >= 15 is 0 Å². The van der Waals surface area contributed by atoms with Crippen molar-refractivity contribution < 1.29 is 14.0 Å². The SMILES string of the molecule is CC(=O)c1cccc(/N=C2/S/C(=C3\Sc4ccccc4N3C)C(=O)N2Cc2ccco2)c1. The maximum atomic E-state index is 13.5.